The smallest absolute Gasteiger partial charge is 0.338 e. The van der Waals surface area contributed by atoms with Crippen molar-refractivity contribution in [1.29, 1.82) is 0 Å². The molecule has 0 radical (unpaired) electrons. The maximum absolute atomic E-state index is 14.2. The van der Waals surface area contributed by atoms with E-state index in [1.165, 1.54) is 35.1 Å². The Kier molecular flexibility index (Phi) is 9.29. The Hall–Kier alpha value is -4.70. The number of carbonyl (C=O) groups excluding carboxylic acids is 1. The van der Waals surface area contributed by atoms with Crippen LogP contribution in [-0.2, 0) is 16.1 Å². The molecule has 0 saturated heterocycles. The number of allylic oxidation sites excluding steroid dienone is 1. The Labute approximate surface area is 258 Å². The van der Waals surface area contributed by atoms with Crippen LogP contribution in [0.1, 0.15) is 50.4 Å². The SMILES string of the molecule is CCOC(=O)C1=C(C)N=c2s/c(=C\c3cccc(OC)c3OCc3ccc(F)cc3)c(=O)n2[C@H]1c1ccccc1OC(C)C. The van der Waals surface area contributed by atoms with Crippen LogP contribution in [0.25, 0.3) is 6.08 Å². The van der Waals surface area contributed by atoms with Crippen LogP contribution in [0.15, 0.2) is 87.8 Å². The maximum Gasteiger partial charge on any atom is 0.338 e. The number of fused-ring (bicyclic) bond motifs is 1. The van der Waals surface area contributed by atoms with Crippen LogP contribution in [-0.4, -0.2) is 30.4 Å². The van der Waals surface area contributed by atoms with E-state index in [9.17, 15) is 14.0 Å². The number of methoxy groups -OCH3 is 1. The number of hydrogen-bond donors (Lipinski definition) is 0. The molecule has 0 fully saturated rings. The van der Waals surface area contributed by atoms with Gasteiger partial charge in [0, 0.05) is 11.1 Å². The van der Waals surface area contributed by atoms with E-state index in [-0.39, 0.29) is 36.3 Å². The predicted molar refractivity (Wildman–Crippen MR) is 166 cm³/mol. The second-order valence-corrected chi connectivity index (χ2v) is 11.3. The molecule has 0 unspecified atom stereocenters. The number of esters is 1. The van der Waals surface area contributed by atoms with Crippen molar-refractivity contribution >= 4 is 23.4 Å². The Morgan fingerprint density at radius 2 is 1.80 bits per heavy atom. The molecule has 0 bridgehead atoms. The summed E-state index contributed by atoms with van der Waals surface area (Å²) in [6, 6.07) is 18.0. The fourth-order valence-corrected chi connectivity index (χ4v) is 6.03. The predicted octanol–water partition coefficient (Wildman–Crippen LogP) is 5.31. The molecule has 44 heavy (non-hydrogen) atoms. The number of para-hydroxylation sites is 2. The minimum Gasteiger partial charge on any atom is -0.493 e. The van der Waals surface area contributed by atoms with Crippen molar-refractivity contribution in [2.75, 3.05) is 13.7 Å². The van der Waals surface area contributed by atoms with Crippen LogP contribution >= 0.6 is 11.3 Å². The Morgan fingerprint density at radius 1 is 1.07 bits per heavy atom. The molecule has 2 heterocycles. The second-order valence-electron chi connectivity index (χ2n) is 10.3. The first-order valence-corrected chi connectivity index (χ1v) is 15.0. The first-order chi connectivity index (χ1) is 21.2. The van der Waals surface area contributed by atoms with E-state index < -0.39 is 12.0 Å². The molecule has 1 aliphatic heterocycles. The quantitative estimate of drug-likeness (QED) is 0.225. The third kappa shape index (κ3) is 6.30. The maximum atomic E-state index is 14.2. The minimum absolute atomic E-state index is 0.135. The number of rotatable bonds is 10. The van der Waals surface area contributed by atoms with Gasteiger partial charge in [0.1, 0.15) is 24.2 Å². The van der Waals surface area contributed by atoms with Crippen LogP contribution in [0.3, 0.4) is 0 Å². The highest BCUT2D eigenvalue weighted by molar-refractivity contribution is 7.07. The summed E-state index contributed by atoms with van der Waals surface area (Å²) < 4.78 is 38.6. The molecule has 5 rings (SSSR count). The van der Waals surface area contributed by atoms with Crippen LogP contribution in [0, 0.1) is 5.82 Å². The van der Waals surface area contributed by atoms with Crippen molar-refractivity contribution < 1.29 is 28.1 Å². The molecular weight excluding hydrogens is 583 g/mol. The van der Waals surface area contributed by atoms with E-state index in [1.807, 2.05) is 44.2 Å². The van der Waals surface area contributed by atoms with Crippen molar-refractivity contribution in [2.24, 2.45) is 4.99 Å². The fraction of sp³-hybridized carbons (Fsp3) is 0.265. The summed E-state index contributed by atoms with van der Waals surface area (Å²) in [5, 5.41) is 0. The number of halogens is 1. The van der Waals surface area contributed by atoms with Crippen molar-refractivity contribution in [3.05, 3.63) is 120 Å². The number of benzene rings is 3. The first kappa shape index (κ1) is 30.7. The minimum atomic E-state index is -0.818. The molecule has 0 saturated carbocycles. The fourth-order valence-electron chi connectivity index (χ4n) is 4.99. The third-order valence-corrected chi connectivity index (χ3v) is 7.89. The zero-order valence-corrected chi connectivity index (χ0v) is 25.9. The van der Waals surface area contributed by atoms with Gasteiger partial charge in [-0.1, -0.05) is 53.8 Å². The summed E-state index contributed by atoms with van der Waals surface area (Å²) in [6.07, 6.45) is 1.59. The summed E-state index contributed by atoms with van der Waals surface area (Å²) in [5.41, 5.74) is 2.43. The molecule has 1 aromatic heterocycles. The van der Waals surface area contributed by atoms with Gasteiger partial charge in [0.15, 0.2) is 16.3 Å². The topological polar surface area (TPSA) is 88.4 Å². The number of aromatic nitrogens is 1. The molecule has 0 aliphatic carbocycles. The average molecular weight is 617 g/mol. The van der Waals surface area contributed by atoms with Crippen LogP contribution in [0.5, 0.6) is 17.2 Å². The van der Waals surface area contributed by atoms with E-state index in [2.05, 4.69) is 4.99 Å². The molecule has 0 N–H and O–H groups in total. The van der Waals surface area contributed by atoms with E-state index >= 15 is 0 Å². The van der Waals surface area contributed by atoms with Gasteiger partial charge < -0.3 is 18.9 Å². The van der Waals surface area contributed by atoms with Gasteiger partial charge in [-0.05, 0) is 63.6 Å². The molecule has 0 amide bonds. The monoisotopic (exact) mass is 616 g/mol. The molecule has 4 aromatic rings. The highest BCUT2D eigenvalue weighted by Gasteiger charge is 2.35. The van der Waals surface area contributed by atoms with Gasteiger partial charge in [0.2, 0.25) is 0 Å². The van der Waals surface area contributed by atoms with Crippen molar-refractivity contribution in [1.82, 2.24) is 4.57 Å². The number of thiazole rings is 1. The average Bonchev–Trinajstić information content (AvgIpc) is 3.30. The van der Waals surface area contributed by atoms with Gasteiger partial charge in [-0.15, -0.1) is 0 Å². The largest absolute Gasteiger partial charge is 0.493 e. The number of carbonyl (C=O) groups is 1. The highest BCUT2D eigenvalue weighted by Crippen LogP contribution is 2.36. The zero-order chi connectivity index (χ0) is 31.4. The van der Waals surface area contributed by atoms with Gasteiger partial charge in [-0.3, -0.25) is 9.36 Å². The van der Waals surface area contributed by atoms with Crippen LogP contribution in [0.4, 0.5) is 4.39 Å². The van der Waals surface area contributed by atoms with E-state index in [4.69, 9.17) is 18.9 Å². The summed E-state index contributed by atoms with van der Waals surface area (Å²) in [6.45, 7) is 7.65. The molecule has 0 spiro atoms. The van der Waals surface area contributed by atoms with E-state index in [0.29, 0.717) is 43.4 Å². The lowest BCUT2D eigenvalue weighted by Crippen LogP contribution is -2.40. The molecule has 1 atom stereocenters. The molecule has 10 heteroatoms. The highest BCUT2D eigenvalue weighted by atomic mass is 32.1. The van der Waals surface area contributed by atoms with Crippen molar-refractivity contribution in [2.45, 2.75) is 46.4 Å². The lowest BCUT2D eigenvalue weighted by atomic mass is 9.95. The van der Waals surface area contributed by atoms with E-state index in [0.717, 1.165) is 5.56 Å². The molecule has 228 valence electrons. The standard InChI is InChI=1S/C34H33FN2O6S/c1-6-41-33(39)29-21(4)36-34-37(30(29)25-11-7-8-12-26(25)43-20(2)3)32(38)28(44-34)18-23-10-9-13-27(40-5)31(23)42-19-22-14-16-24(35)17-15-22/h7-18,20,30H,6,19H2,1-5H3/b28-18-/t30-/m0/s1. The van der Waals surface area contributed by atoms with Crippen LogP contribution in [0.2, 0.25) is 0 Å². The summed E-state index contributed by atoms with van der Waals surface area (Å²) >= 11 is 1.21. The van der Waals surface area contributed by atoms with Crippen molar-refractivity contribution in [3.63, 3.8) is 0 Å². The van der Waals surface area contributed by atoms with Gasteiger partial charge in [0.05, 0.1) is 35.6 Å². The van der Waals surface area contributed by atoms with Crippen LogP contribution < -0.4 is 29.1 Å². The zero-order valence-electron chi connectivity index (χ0n) is 25.1. The Balaban J connectivity index is 1.66. The number of ether oxygens (including phenoxy) is 4. The first-order valence-electron chi connectivity index (χ1n) is 14.2. The normalized spacial score (nSPS) is 14.7. The molecule has 8 nitrogen and oxygen atoms in total. The van der Waals surface area contributed by atoms with Gasteiger partial charge in [-0.25, -0.2) is 14.2 Å². The Bertz CT molecular complexity index is 1890. The molecular formula is C34H33FN2O6S. The Morgan fingerprint density at radius 3 is 2.50 bits per heavy atom. The lowest BCUT2D eigenvalue weighted by molar-refractivity contribution is -0.139. The van der Waals surface area contributed by atoms with Crippen molar-refractivity contribution in [3.8, 4) is 17.2 Å². The third-order valence-electron chi connectivity index (χ3n) is 6.91. The summed E-state index contributed by atoms with van der Waals surface area (Å²) in [4.78, 5) is 32.6. The number of hydrogen-bond acceptors (Lipinski definition) is 8. The molecule has 3 aromatic carbocycles. The number of nitrogens with zero attached hydrogens (tertiary/aromatic N) is 2. The van der Waals surface area contributed by atoms with E-state index in [1.54, 1.807) is 44.2 Å². The summed E-state index contributed by atoms with van der Waals surface area (Å²) in [5.74, 6) is 0.590. The lowest BCUT2D eigenvalue weighted by Gasteiger charge is -2.26. The van der Waals surface area contributed by atoms with Gasteiger partial charge in [0.25, 0.3) is 5.56 Å². The van der Waals surface area contributed by atoms with Gasteiger partial charge >= 0.3 is 5.97 Å². The summed E-state index contributed by atoms with van der Waals surface area (Å²) in [7, 11) is 1.54. The molecule has 1 aliphatic rings. The van der Waals surface area contributed by atoms with Gasteiger partial charge in [-0.2, -0.15) is 0 Å². The second kappa shape index (κ2) is 13.3.